The maximum absolute atomic E-state index is 13.0. The maximum atomic E-state index is 13.0. The molecule has 1 saturated carbocycles. The molecule has 22 heavy (non-hydrogen) atoms. The Morgan fingerprint density at radius 2 is 1.91 bits per heavy atom. The number of hydrogen-bond acceptors (Lipinski definition) is 1. The molecule has 0 saturated heterocycles. The lowest BCUT2D eigenvalue weighted by Gasteiger charge is -2.14. The zero-order chi connectivity index (χ0) is 16.2. The molecule has 0 atom stereocenters. The Hall–Kier alpha value is -1.59. The molecule has 0 radical (unpaired) electrons. The van der Waals surface area contributed by atoms with Crippen LogP contribution in [0.1, 0.15) is 49.7 Å². The second-order valence-corrected chi connectivity index (χ2v) is 5.77. The van der Waals surface area contributed by atoms with E-state index in [0.29, 0.717) is 18.4 Å². The highest BCUT2D eigenvalue weighted by Gasteiger charge is 2.33. The highest BCUT2D eigenvalue weighted by molar-refractivity contribution is 5.75. The average Bonchev–Trinajstić information content (AvgIpc) is 2.96. The third-order valence-electron chi connectivity index (χ3n) is 4.11. The van der Waals surface area contributed by atoms with E-state index < -0.39 is 17.6 Å². The molecule has 1 aromatic carbocycles. The summed E-state index contributed by atoms with van der Waals surface area (Å²) in [6.07, 6.45) is 1.11. The zero-order valence-electron chi connectivity index (χ0n) is 12.2. The number of hydrogen-bond donors (Lipinski definition) is 1. The number of rotatable bonds is 5. The molecule has 0 unspecified atom stereocenters. The Morgan fingerprint density at radius 1 is 1.23 bits per heavy atom. The first-order valence-electron chi connectivity index (χ1n) is 7.48. The van der Waals surface area contributed by atoms with E-state index in [1.165, 1.54) is 12.8 Å². The van der Waals surface area contributed by atoms with E-state index in [1.54, 1.807) is 0 Å². The van der Waals surface area contributed by atoms with Gasteiger partial charge >= 0.3 is 6.18 Å². The average molecular weight is 317 g/mol. The van der Waals surface area contributed by atoms with Crippen LogP contribution in [0.25, 0.3) is 0 Å². The van der Waals surface area contributed by atoms with Gasteiger partial charge in [-0.15, -0.1) is 0 Å². The van der Waals surface area contributed by atoms with Crippen LogP contribution in [-0.2, 0) is 17.5 Å². The first-order chi connectivity index (χ1) is 10.4. The molecule has 2 rings (SSSR count). The molecule has 0 heterocycles. The van der Waals surface area contributed by atoms with Crippen LogP contribution in [0.3, 0.4) is 0 Å². The van der Waals surface area contributed by atoms with Crippen molar-refractivity contribution in [1.29, 1.82) is 0 Å². The van der Waals surface area contributed by atoms with Crippen LogP contribution in [0.5, 0.6) is 0 Å². The number of halogens is 4. The van der Waals surface area contributed by atoms with E-state index in [1.807, 2.05) is 0 Å². The third-order valence-corrected chi connectivity index (χ3v) is 4.11. The lowest BCUT2D eigenvalue weighted by atomic mass is 10.0. The minimum absolute atomic E-state index is 0.122. The van der Waals surface area contributed by atoms with Gasteiger partial charge in [-0.2, -0.15) is 13.2 Å². The smallest absolute Gasteiger partial charge is 0.352 e. The van der Waals surface area contributed by atoms with Gasteiger partial charge in [-0.25, -0.2) is 4.39 Å². The van der Waals surface area contributed by atoms with Crippen molar-refractivity contribution in [2.75, 3.05) is 0 Å². The Morgan fingerprint density at radius 3 is 2.55 bits per heavy atom. The summed E-state index contributed by atoms with van der Waals surface area (Å²) >= 11 is 0. The molecule has 2 nitrogen and oxygen atoms in total. The Balaban J connectivity index is 1.89. The van der Waals surface area contributed by atoms with Crippen LogP contribution >= 0.6 is 0 Å². The summed E-state index contributed by atoms with van der Waals surface area (Å²) in [5.41, 5.74) is -1.16. The molecule has 1 amide bonds. The molecule has 122 valence electrons. The van der Waals surface area contributed by atoms with Crippen molar-refractivity contribution in [2.24, 2.45) is 5.92 Å². The first-order valence-corrected chi connectivity index (χ1v) is 7.48. The van der Waals surface area contributed by atoms with Gasteiger partial charge in [0.05, 0.1) is 5.56 Å². The Bertz CT molecular complexity index is 521. The van der Waals surface area contributed by atoms with Crippen molar-refractivity contribution < 1.29 is 22.4 Å². The molecule has 1 N–H and O–H groups in total. The molecule has 0 spiro atoms. The van der Waals surface area contributed by atoms with Crippen molar-refractivity contribution in [3.63, 3.8) is 0 Å². The zero-order valence-corrected chi connectivity index (χ0v) is 12.2. The van der Waals surface area contributed by atoms with Crippen LogP contribution in [-0.4, -0.2) is 5.91 Å². The first kappa shape index (κ1) is 16.8. The summed E-state index contributed by atoms with van der Waals surface area (Å²) in [4.78, 5) is 11.7. The van der Waals surface area contributed by atoms with Crippen molar-refractivity contribution >= 4 is 5.91 Å². The fourth-order valence-corrected chi connectivity index (χ4v) is 2.88. The van der Waals surface area contributed by atoms with Crippen molar-refractivity contribution in [2.45, 2.75) is 51.2 Å². The number of carbonyl (C=O) groups is 1. The van der Waals surface area contributed by atoms with Gasteiger partial charge in [0.25, 0.3) is 0 Å². The van der Waals surface area contributed by atoms with Gasteiger partial charge in [0.15, 0.2) is 0 Å². The number of alkyl halides is 3. The van der Waals surface area contributed by atoms with E-state index in [4.69, 9.17) is 0 Å². The van der Waals surface area contributed by atoms with E-state index in [2.05, 4.69) is 5.32 Å². The van der Waals surface area contributed by atoms with Crippen molar-refractivity contribution in [3.8, 4) is 0 Å². The number of nitrogens with one attached hydrogen (secondary N) is 1. The quantitative estimate of drug-likeness (QED) is 0.800. The summed E-state index contributed by atoms with van der Waals surface area (Å²) in [7, 11) is 0. The maximum Gasteiger partial charge on any atom is 0.416 e. The number of carbonyl (C=O) groups excluding carboxylic acids is 1. The number of amides is 1. The monoisotopic (exact) mass is 317 g/mol. The van der Waals surface area contributed by atoms with E-state index in [9.17, 15) is 22.4 Å². The summed E-state index contributed by atoms with van der Waals surface area (Å²) < 4.78 is 51.5. The van der Waals surface area contributed by atoms with Crippen LogP contribution in [0, 0.1) is 11.7 Å². The predicted octanol–water partition coefficient (Wildman–Crippen LogP) is 4.43. The summed E-state index contributed by atoms with van der Waals surface area (Å²) in [6.45, 7) is -0.237. The highest BCUT2D eigenvalue weighted by Crippen LogP contribution is 2.32. The van der Waals surface area contributed by atoms with Crippen LogP contribution in [0.4, 0.5) is 17.6 Å². The summed E-state index contributed by atoms with van der Waals surface area (Å²) in [5, 5.41) is 2.49. The van der Waals surface area contributed by atoms with Gasteiger partial charge in [-0.05, 0) is 30.0 Å². The lowest BCUT2D eigenvalue weighted by Crippen LogP contribution is -2.24. The van der Waals surface area contributed by atoms with Crippen molar-refractivity contribution in [3.05, 3.63) is 35.1 Å². The second kappa shape index (κ2) is 7.11. The molecule has 1 aliphatic rings. The fraction of sp³-hybridized carbons (Fsp3) is 0.562. The molecule has 1 aromatic rings. The van der Waals surface area contributed by atoms with Crippen LogP contribution in [0.15, 0.2) is 18.2 Å². The third kappa shape index (κ3) is 4.71. The van der Waals surface area contributed by atoms with Gasteiger partial charge in [-0.1, -0.05) is 31.7 Å². The minimum Gasteiger partial charge on any atom is -0.352 e. The predicted molar refractivity (Wildman–Crippen MR) is 74.4 cm³/mol. The van der Waals surface area contributed by atoms with Gasteiger partial charge in [-0.3, -0.25) is 4.79 Å². The standard InChI is InChI=1S/C16H19F4NO/c17-13-7-6-12(14(9-13)16(18,19)20)10-21-15(22)8-5-11-3-1-2-4-11/h6-7,9,11H,1-5,8,10H2,(H,21,22). The van der Waals surface area contributed by atoms with Gasteiger partial charge < -0.3 is 5.32 Å². The van der Waals surface area contributed by atoms with Gasteiger partial charge in [0.1, 0.15) is 5.82 Å². The topological polar surface area (TPSA) is 29.1 Å². The molecule has 1 aliphatic carbocycles. The summed E-state index contributed by atoms with van der Waals surface area (Å²) in [5.74, 6) is -0.643. The Labute approximate surface area is 126 Å². The largest absolute Gasteiger partial charge is 0.416 e. The molecule has 0 bridgehead atoms. The van der Waals surface area contributed by atoms with Gasteiger partial charge in [0.2, 0.25) is 5.91 Å². The SMILES string of the molecule is O=C(CCC1CCCC1)NCc1ccc(F)cc1C(F)(F)F. The van der Waals surface area contributed by atoms with Crippen LogP contribution < -0.4 is 5.32 Å². The highest BCUT2D eigenvalue weighted by atomic mass is 19.4. The van der Waals surface area contributed by atoms with Crippen molar-refractivity contribution in [1.82, 2.24) is 5.32 Å². The second-order valence-electron chi connectivity index (χ2n) is 5.77. The van der Waals surface area contributed by atoms with E-state index in [0.717, 1.165) is 31.4 Å². The van der Waals surface area contributed by atoms with Crippen LogP contribution in [0.2, 0.25) is 0 Å². The molecular formula is C16H19F4NO. The molecule has 6 heteroatoms. The summed E-state index contributed by atoms with van der Waals surface area (Å²) in [6, 6.07) is 2.49. The molecule has 1 fully saturated rings. The minimum atomic E-state index is -4.63. The Kier molecular flexibility index (Phi) is 5.42. The molecular weight excluding hydrogens is 298 g/mol. The van der Waals surface area contributed by atoms with E-state index in [-0.39, 0.29) is 18.0 Å². The van der Waals surface area contributed by atoms with Gasteiger partial charge in [0, 0.05) is 13.0 Å². The van der Waals surface area contributed by atoms with E-state index >= 15 is 0 Å². The molecule has 0 aromatic heterocycles. The fourth-order valence-electron chi connectivity index (χ4n) is 2.88. The number of benzene rings is 1. The molecule has 0 aliphatic heterocycles. The lowest BCUT2D eigenvalue weighted by molar-refractivity contribution is -0.138. The normalized spacial score (nSPS) is 16.0.